The molecule has 0 unspecified atom stereocenters. The highest BCUT2D eigenvalue weighted by atomic mass is 19.1. The van der Waals surface area contributed by atoms with Crippen LogP contribution in [0.4, 0.5) is 20.4 Å². The number of aromatic nitrogens is 4. The van der Waals surface area contributed by atoms with Crippen molar-refractivity contribution in [3.8, 4) is 22.5 Å². The molecule has 180 valence electrons. The summed E-state index contributed by atoms with van der Waals surface area (Å²) < 4.78 is 34.5. The molecule has 0 atom stereocenters. The summed E-state index contributed by atoms with van der Waals surface area (Å²) in [5.41, 5.74) is 2.38. The predicted octanol–water partition coefficient (Wildman–Crippen LogP) is 3.33. The Balaban J connectivity index is 1.70. The van der Waals surface area contributed by atoms with Crippen LogP contribution in [-0.2, 0) is 11.8 Å². The van der Waals surface area contributed by atoms with Crippen LogP contribution in [0.5, 0.6) is 0 Å². The van der Waals surface area contributed by atoms with Crippen LogP contribution in [0, 0.1) is 11.6 Å². The van der Waals surface area contributed by atoms with E-state index in [1.807, 2.05) is 5.01 Å². The Labute approximate surface area is 200 Å². The van der Waals surface area contributed by atoms with Gasteiger partial charge in [0.05, 0.1) is 37.6 Å². The summed E-state index contributed by atoms with van der Waals surface area (Å²) in [6.07, 6.45) is 1.60. The average molecular weight is 479 g/mol. The molecule has 0 spiro atoms. The highest BCUT2D eigenvalue weighted by Crippen LogP contribution is 2.31. The molecular weight excluding hydrogens is 454 g/mol. The van der Waals surface area contributed by atoms with Gasteiger partial charge in [0, 0.05) is 26.0 Å². The fourth-order valence-corrected chi connectivity index (χ4v) is 4.22. The minimum atomic E-state index is -0.388. The number of anilines is 2. The number of halogens is 2. The minimum absolute atomic E-state index is 0.239. The maximum absolute atomic E-state index is 13.8. The molecule has 5 rings (SSSR count). The minimum Gasteiger partial charge on any atom is -0.378 e. The van der Waals surface area contributed by atoms with Gasteiger partial charge in [0.1, 0.15) is 17.3 Å². The zero-order valence-corrected chi connectivity index (χ0v) is 19.4. The lowest BCUT2D eigenvalue weighted by Gasteiger charge is -2.32. The normalized spacial score (nSPS) is 13.8. The highest BCUT2D eigenvalue weighted by Gasteiger charge is 2.27. The van der Waals surface area contributed by atoms with Crippen molar-refractivity contribution >= 4 is 11.6 Å². The standard InChI is InChI=1S/C25H24F2N6O2/c1-30(20-5-3-4-19(27)16-20)25-28-11-10-21(29-25)23-22(17-6-8-18(26)9-7-17)24(34)31(2)33(23)32-12-14-35-15-13-32/h3-11,16H,12-15H2,1-2H3. The first-order valence-electron chi connectivity index (χ1n) is 11.2. The maximum Gasteiger partial charge on any atom is 0.276 e. The second-order valence-electron chi connectivity index (χ2n) is 8.20. The summed E-state index contributed by atoms with van der Waals surface area (Å²) in [5.74, 6) is -0.419. The maximum atomic E-state index is 13.8. The molecule has 0 amide bonds. The fraction of sp³-hybridized carbons (Fsp3) is 0.240. The molecule has 1 fully saturated rings. The Morgan fingerprint density at radius 3 is 2.46 bits per heavy atom. The largest absolute Gasteiger partial charge is 0.378 e. The van der Waals surface area contributed by atoms with Crippen LogP contribution in [0.1, 0.15) is 0 Å². The van der Waals surface area contributed by atoms with Gasteiger partial charge in [-0.3, -0.25) is 9.80 Å². The molecule has 8 nitrogen and oxygen atoms in total. The molecule has 0 bridgehead atoms. The van der Waals surface area contributed by atoms with Crippen molar-refractivity contribution in [2.75, 3.05) is 43.3 Å². The molecular formula is C25H24F2N6O2. The second-order valence-corrected chi connectivity index (χ2v) is 8.20. The molecule has 10 heteroatoms. The first kappa shape index (κ1) is 22.7. The van der Waals surface area contributed by atoms with Crippen molar-refractivity contribution in [3.05, 3.63) is 82.8 Å². The zero-order chi connectivity index (χ0) is 24.5. The van der Waals surface area contributed by atoms with Gasteiger partial charge in [0.2, 0.25) is 5.95 Å². The van der Waals surface area contributed by atoms with Crippen LogP contribution in [0.15, 0.2) is 65.6 Å². The van der Waals surface area contributed by atoms with Crippen molar-refractivity contribution in [3.63, 3.8) is 0 Å². The van der Waals surface area contributed by atoms with E-state index in [0.29, 0.717) is 60.5 Å². The van der Waals surface area contributed by atoms with E-state index in [9.17, 15) is 13.6 Å². The zero-order valence-electron chi connectivity index (χ0n) is 19.4. The van der Waals surface area contributed by atoms with Crippen LogP contribution in [-0.4, -0.2) is 52.8 Å². The van der Waals surface area contributed by atoms with E-state index in [4.69, 9.17) is 9.72 Å². The average Bonchev–Trinajstić information content (AvgIpc) is 3.15. The van der Waals surface area contributed by atoms with E-state index < -0.39 is 0 Å². The lowest BCUT2D eigenvalue weighted by Crippen LogP contribution is -2.47. The highest BCUT2D eigenvalue weighted by molar-refractivity contribution is 5.80. The van der Waals surface area contributed by atoms with Gasteiger partial charge in [-0.2, -0.15) is 4.79 Å². The summed E-state index contributed by atoms with van der Waals surface area (Å²) in [6.45, 7) is 2.21. The molecule has 3 heterocycles. The quantitative estimate of drug-likeness (QED) is 0.439. The van der Waals surface area contributed by atoms with Gasteiger partial charge in [-0.1, -0.05) is 18.2 Å². The van der Waals surface area contributed by atoms with Crippen molar-refractivity contribution in [1.29, 1.82) is 0 Å². The molecule has 0 saturated carbocycles. The van der Waals surface area contributed by atoms with E-state index in [2.05, 4.69) is 4.98 Å². The summed E-state index contributed by atoms with van der Waals surface area (Å²) >= 11 is 0. The van der Waals surface area contributed by atoms with Crippen LogP contribution < -0.4 is 15.5 Å². The molecule has 1 aliphatic rings. The van der Waals surface area contributed by atoms with Crippen molar-refractivity contribution < 1.29 is 13.5 Å². The van der Waals surface area contributed by atoms with E-state index in [1.54, 1.807) is 60.3 Å². The lowest BCUT2D eigenvalue weighted by atomic mass is 10.0. The van der Waals surface area contributed by atoms with Crippen LogP contribution in [0.2, 0.25) is 0 Å². The Morgan fingerprint density at radius 1 is 1.00 bits per heavy atom. The third kappa shape index (κ3) is 4.28. The third-order valence-electron chi connectivity index (χ3n) is 6.00. The molecule has 2 aromatic carbocycles. The summed E-state index contributed by atoms with van der Waals surface area (Å²) in [7, 11) is 3.43. The van der Waals surface area contributed by atoms with E-state index >= 15 is 0 Å². The topological polar surface area (TPSA) is 68.4 Å². The number of benzene rings is 2. The van der Waals surface area contributed by atoms with Gasteiger partial charge in [0.25, 0.3) is 5.56 Å². The van der Waals surface area contributed by atoms with E-state index in [1.165, 1.54) is 28.9 Å². The van der Waals surface area contributed by atoms with E-state index in [-0.39, 0.29) is 17.2 Å². The SMILES string of the molecule is CN(c1cccc(F)c1)c1nccc(-c2c(-c3ccc(F)cc3)c(=O)n(C)n2N2CCOCC2)n1. The number of ether oxygens (including phenoxy) is 1. The molecule has 2 aromatic heterocycles. The summed E-state index contributed by atoms with van der Waals surface area (Å²) in [6, 6.07) is 13.7. The van der Waals surface area contributed by atoms with Crippen molar-refractivity contribution in [2.24, 2.45) is 7.05 Å². The Bertz CT molecular complexity index is 1410. The van der Waals surface area contributed by atoms with E-state index in [0.717, 1.165) is 0 Å². The first-order chi connectivity index (χ1) is 16.9. The van der Waals surface area contributed by atoms with Crippen LogP contribution in [0.3, 0.4) is 0 Å². The monoisotopic (exact) mass is 478 g/mol. The van der Waals surface area contributed by atoms with Gasteiger partial charge in [-0.25, -0.2) is 23.4 Å². The molecule has 0 aliphatic carbocycles. The molecule has 35 heavy (non-hydrogen) atoms. The van der Waals surface area contributed by atoms with Crippen molar-refractivity contribution in [1.82, 2.24) is 19.4 Å². The Kier molecular flexibility index (Phi) is 6.04. The predicted molar refractivity (Wildman–Crippen MR) is 129 cm³/mol. The number of hydrogen-bond donors (Lipinski definition) is 0. The Hall–Kier alpha value is -4.05. The molecule has 1 aliphatic heterocycles. The molecule has 4 aromatic rings. The molecule has 0 radical (unpaired) electrons. The van der Waals surface area contributed by atoms with Crippen molar-refractivity contribution in [2.45, 2.75) is 0 Å². The van der Waals surface area contributed by atoms with Gasteiger partial charge in [-0.05, 0) is 42.0 Å². The second kappa shape index (κ2) is 9.30. The summed E-state index contributed by atoms with van der Waals surface area (Å²) in [5, 5.41) is 2.02. The third-order valence-corrected chi connectivity index (χ3v) is 6.00. The van der Waals surface area contributed by atoms with Gasteiger partial charge < -0.3 is 9.64 Å². The number of nitrogens with zero attached hydrogens (tertiary/aromatic N) is 6. The van der Waals surface area contributed by atoms with Crippen LogP contribution >= 0.6 is 0 Å². The fourth-order valence-electron chi connectivity index (χ4n) is 4.22. The number of morpholine rings is 1. The lowest BCUT2D eigenvalue weighted by molar-refractivity contribution is 0.107. The number of rotatable bonds is 5. The summed E-state index contributed by atoms with van der Waals surface area (Å²) in [4.78, 5) is 26.1. The smallest absolute Gasteiger partial charge is 0.276 e. The van der Waals surface area contributed by atoms with Crippen LogP contribution in [0.25, 0.3) is 22.5 Å². The first-order valence-corrected chi connectivity index (χ1v) is 11.2. The van der Waals surface area contributed by atoms with Gasteiger partial charge in [-0.15, -0.1) is 0 Å². The van der Waals surface area contributed by atoms with Gasteiger partial charge in [0.15, 0.2) is 0 Å². The number of hydrogen-bond acceptors (Lipinski definition) is 6. The molecule has 1 saturated heterocycles. The van der Waals surface area contributed by atoms with Gasteiger partial charge >= 0.3 is 0 Å². The Morgan fingerprint density at radius 2 is 1.74 bits per heavy atom. The molecule has 0 N–H and O–H groups in total.